The molecule has 3 atom stereocenters. The summed E-state index contributed by atoms with van der Waals surface area (Å²) in [5.74, 6) is -0.0668. The molecular weight excluding hydrogens is 522 g/mol. The van der Waals surface area contributed by atoms with Crippen molar-refractivity contribution in [1.82, 2.24) is 25.2 Å². The smallest absolute Gasteiger partial charge is 0.248 e. The van der Waals surface area contributed by atoms with E-state index in [0.29, 0.717) is 23.9 Å². The Labute approximate surface area is 213 Å². The number of likely N-dealkylation sites (tertiary alicyclic amines) is 1. The number of halogens is 2. The van der Waals surface area contributed by atoms with Gasteiger partial charge in [-0.25, -0.2) is 4.68 Å². The lowest BCUT2D eigenvalue weighted by atomic mass is 9.85. The number of benzene rings is 1. The maximum atomic E-state index is 13.7. The Kier molecular flexibility index (Phi) is 7.36. The Morgan fingerprint density at radius 1 is 1.29 bits per heavy atom. The number of rotatable bonds is 7. The molecule has 0 radical (unpaired) electrons. The molecule has 184 valence electrons. The van der Waals surface area contributed by atoms with E-state index in [1.807, 2.05) is 39.1 Å². The normalized spacial score (nSPS) is 21.5. The number of hydrogen-bond acceptors (Lipinski definition) is 5. The van der Waals surface area contributed by atoms with Gasteiger partial charge in [-0.1, -0.05) is 53.5 Å². The molecule has 1 aliphatic carbocycles. The van der Waals surface area contributed by atoms with Crippen LogP contribution in [0.2, 0.25) is 5.02 Å². The predicted molar refractivity (Wildman–Crippen MR) is 132 cm³/mol. The summed E-state index contributed by atoms with van der Waals surface area (Å²) in [6.45, 7) is 6.43. The average Bonchev–Trinajstić information content (AvgIpc) is 3.34. The van der Waals surface area contributed by atoms with Crippen molar-refractivity contribution >= 4 is 39.3 Å². The molecule has 2 aromatic rings. The summed E-state index contributed by atoms with van der Waals surface area (Å²) in [6.07, 6.45) is 4.11. The number of aliphatic hydroxyl groups excluding tert-OH is 1. The standard InChI is InChI=1S/C24H31BrClN5O3/c1-24(2,3)21(31-13-19(28-29-31)15-4-5-15)23(34)30-12-18(32)11-20(30)22(33)27-7-6-14-8-16(25)10-17(26)9-14/h8-10,13,15,18,20-21,32H,4-7,11-12H2,1-3H3,(H,27,33)/t18?,20?,21-/m1/s1. The van der Waals surface area contributed by atoms with Crippen LogP contribution in [-0.2, 0) is 16.0 Å². The number of carbonyl (C=O) groups excluding carboxylic acids is 2. The zero-order valence-corrected chi connectivity index (χ0v) is 22.0. The molecule has 1 saturated carbocycles. The van der Waals surface area contributed by atoms with E-state index in [1.165, 1.54) is 4.90 Å². The summed E-state index contributed by atoms with van der Waals surface area (Å²) < 4.78 is 2.51. The molecule has 2 unspecified atom stereocenters. The molecule has 0 bridgehead atoms. The van der Waals surface area contributed by atoms with Gasteiger partial charge in [-0.15, -0.1) is 5.10 Å². The molecule has 1 aromatic heterocycles. The number of β-amino-alcohol motifs (C(OH)–C–C–N with tert-alkyl or cyclic N) is 1. The number of nitrogens with zero attached hydrogens (tertiary/aromatic N) is 4. The molecule has 4 rings (SSSR count). The Morgan fingerprint density at radius 2 is 2.03 bits per heavy atom. The molecule has 2 aliphatic rings. The monoisotopic (exact) mass is 551 g/mol. The second-order valence-corrected chi connectivity index (χ2v) is 11.7. The van der Waals surface area contributed by atoms with Gasteiger partial charge in [0.15, 0.2) is 0 Å². The van der Waals surface area contributed by atoms with E-state index in [-0.39, 0.29) is 24.8 Å². The van der Waals surface area contributed by atoms with Crippen molar-refractivity contribution in [3.63, 3.8) is 0 Å². The molecule has 10 heteroatoms. The maximum absolute atomic E-state index is 13.7. The molecule has 34 heavy (non-hydrogen) atoms. The lowest BCUT2D eigenvalue weighted by Gasteiger charge is -2.34. The van der Waals surface area contributed by atoms with E-state index >= 15 is 0 Å². The van der Waals surface area contributed by atoms with E-state index in [2.05, 4.69) is 31.6 Å². The van der Waals surface area contributed by atoms with Crippen LogP contribution in [-0.4, -0.2) is 62.0 Å². The van der Waals surface area contributed by atoms with Crippen LogP contribution in [0.4, 0.5) is 0 Å². The van der Waals surface area contributed by atoms with E-state index in [9.17, 15) is 14.7 Å². The number of carbonyl (C=O) groups is 2. The van der Waals surface area contributed by atoms with Crippen molar-refractivity contribution in [2.24, 2.45) is 5.41 Å². The van der Waals surface area contributed by atoms with Gasteiger partial charge in [-0.2, -0.15) is 0 Å². The van der Waals surface area contributed by atoms with Crippen LogP contribution in [0, 0.1) is 5.41 Å². The predicted octanol–water partition coefficient (Wildman–Crippen LogP) is 3.48. The molecule has 2 N–H and O–H groups in total. The summed E-state index contributed by atoms with van der Waals surface area (Å²) in [5, 5.41) is 22.4. The van der Waals surface area contributed by atoms with Crippen molar-refractivity contribution < 1.29 is 14.7 Å². The lowest BCUT2D eigenvalue weighted by molar-refractivity contribution is -0.144. The first-order chi connectivity index (χ1) is 16.0. The average molecular weight is 553 g/mol. The topological polar surface area (TPSA) is 100 Å². The first-order valence-electron chi connectivity index (χ1n) is 11.7. The largest absolute Gasteiger partial charge is 0.391 e. The van der Waals surface area contributed by atoms with Crippen molar-refractivity contribution in [2.45, 2.75) is 70.6 Å². The number of hydrogen-bond donors (Lipinski definition) is 2. The van der Waals surface area contributed by atoms with Gasteiger partial charge in [0.1, 0.15) is 12.1 Å². The number of aromatic nitrogens is 3. The van der Waals surface area contributed by atoms with Crippen molar-refractivity contribution in [3.05, 3.63) is 45.1 Å². The molecule has 0 spiro atoms. The molecular formula is C24H31BrClN5O3. The minimum absolute atomic E-state index is 0.120. The van der Waals surface area contributed by atoms with Crippen molar-refractivity contribution in [3.8, 4) is 0 Å². The number of amides is 2. The van der Waals surface area contributed by atoms with Crippen LogP contribution in [0.3, 0.4) is 0 Å². The number of nitrogens with one attached hydrogen (secondary N) is 1. The highest BCUT2D eigenvalue weighted by Gasteiger charge is 2.45. The molecule has 1 aliphatic heterocycles. The zero-order chi connectivity index (χ0) is 24.6. The summed E-state index contributed by atoms with van der Waals surface area (Å²) in [4.78, 5) is 28.3. The Hall–Kier alpha value is -1.97. The molecule has 2 amide bonds. The van der Waals surface area contributed by atoms with Crippen molar-refractivity contribution in [2.75, 3.05) is 13.1 Å². The van der Waals surface area contributed by atoms with E-state index in [4.69, 9.17) is 11.6 Å². The molecule has 2 heterocycles. The maximum Gasteiger partial charge on any atom is 0.248 e. The fourth-order valence-corrected chi connectivity index (χ4v) is 5.46. The SMILES string of the molecule is CC(C)(C)[C@@H](C(=O)N1CC(O)CC1C(=O)NCCc1cc(Cl)cc(Br)c1)n1cc(C2CC2)nn1. The highest BCUT2D eigenvalue weighted by atomic mass is 79.9. The second kappa shape index (κ2) is 9.95. The van der Waals surface area contributed by atoms with Crippen LogP contribution < -0.4 is 5.32 Å². The van der Waals surface area contributed by atoms with Crippen molar-refractivity contribution in [1.29, 1.82) is 0 Å². The Morgan fingerprint density at radius 3 is 2.68 bits per heavy atom. The van der Waals surface area contributed by atoms with Gasteiger partial charge < -0.3 is 15.3 Å². The van der Waals surface area contributed by atoms with Gasteiger partial charge in [0, 0.05) is 41.1 Å². The van der Waals surface area contributed by atoms with Gasteiger partial charge >= 0.3 is 0 Å². The molecule has 1 aromatic carbocycles. The summed E-state index contributed by atoms with van der Waals surface area (Å²) in [7, 11) is 0. The van der Waals surface area contributed by atoms with Crippen LogP contribution >= 0.6 is 27.5 Å². The highest BCUT2D eigenvalue weighted by molar-refractivity contribution is 9.10. The summed E-state index contributed by atoms with van der Waals surface area (Å²) in [5.41, 5.74) is 1.44. The minimum atomic E-state index is -0.748. The summed E-state index contributed by atoms with van der Waals surface area (Å²) in [6, 6.07) is 4.26. The highest BCUT2D eigenvalue weighted by Crippen LogP contribution is 2.40. The third kappa shape index (κ3) is 5.80. The van der Waals surface area contributed by atoms with Crippen LogP contribution in [0.5, 0.6) is 0 Å². The number of aliphatic hydroxyl groups is 1. The minimum Gasteiger partial charge on any atom is -0.391 e. The zero-order valence-electron chi connectivity index (χ0n) is 19.7. The third-order valence-electron chi connectivity index (χ3n) is 6.34. The van der Waals surface area contributed by atoms with Gasteiger partial charge in [-0.3, -0.25) is 9.59 Å². The fourth-order valence-electron chi connectivity index (χ4n) is 4.53. The third-order valence-corrected chi connectivity index (χ3v) is 7.02. The van der Waals surface area contributed by atoms with Gasteiger partial charge in [0.25, 0.3) is 0 Å². The first-order valence-corrected chi connectivity index (χ1v) is 12.8. The molecule has 2 fully saturated rings. The van der Waals surface area contributed by atoms with E-state index in [0.717, 1.165) is 28.6 Å². The summed E-state index contributed by atoms with van der Waals surface area (Å²) >= 11 is 9.53. The fraction of sp³-hybridized carbons (Fsp3) is 0.583. The Bertz CT molecular complexity index is 1040. The van der Waals surface area contributed by atoms with Gasteiger partial charge in [0.05, 0.1) is 11.8 Å². The van der Waals surface area contributed by atoms with E-state index in [1.54, 1.807) is 10.7 Å². The molecule has 1 saturated heterocycles. The van der Waals surface area contributed by atoms with Crippen LogP contribution in [0.25, 0.3) is 0 Å². The lowest BCUT2D eigenvalue weighted by Crippen LogP contribution is -2.50. The van der Waals surface area contributed by atoms with Crippen LogP contribution in [0.1, 0.15) is 63.3 Å². The Balaban J connectivity index is 1.46. The molecule has 8 nitrogen and oxygen atoms in total. The first kappa shape index (κ1) is 25.1. The van der Waals surface area contributed by atoms with Gasteiger partial charge in [0.2, 0.25) is 11.8 Å². The van der Waals surface area contributed by atoms with Crippen LogP contribution in [0.15, 0.2) is 28.9 Å². The van der Waals surface area contributed by atoms with E-state index < -0.39 is 23.6 Å². The van der Waals surface area contributed by atoms with Gasteiger partial charge in [-0.05, 0) is 48.4 Å². The quantitative estimate of drug-likeness (QED) is 0.548. The second-order valence-electron chi connectivity index (χ2n) is 10.4.